The molecule has 0 saturated heterocycles. The van der Waals surface area contributed by atoms with Gasteiger partial charge in [0.1, 0.15) is 0 Å². The summed E-state index contributed by atoms with van der Waals surface area (Å²) < 4.78 is 0. The second-order valence-electron chi connectivity index (χ2n) is 1.35. The first-order chi connectivity index (χ1) is 3.41. The van der Waals surface area contributed by atoms with Gasteiger partial charge >= 0.3 is 0 Å². The van der Waals surface area contributed by atoms with Crippen LogP contribution in [0.25, 0.3) is 0 Å². The third-order valence-electron chi connectivity index (χ3n) is 0.702. The van der Waals surface area contributed by atoms with E-state index in [1.807, 2.05) is 11.8 Å². The van der Waals surface area contributed by atoms with Gasteiger partial charge in [-0.15, -0.1) is 0 Å². The van der Waals surface area contributed by atoms with Gasteiger partial charge < -0.3 is 5.32 Å². The molecule has 0 saturated carbocycles. The molecule has 0 aromatic rings. The minimum Gasteiger partial charge on any atom is -0.315 e. The molecule has 0 bridgehead atoms. The lowest BCUT2D eigenvalue weighted by molar-refractivity contribution is 0.814. The monoisotopic (exact) mass is 118 g/mol. The smallest absolute Gasteiger partial charge is 0.00767 e. The predicted octanol–water partition coefficient (Wildman–Crippen LogP) is 1.12. The maximum atomic E-state index is 3.50. The highest BCUT2D eigenvalue weighted by molar-refractivity contribution is 7.98. The van der Waals surface area contributed by atoms with Crippen LogP contribution in [0.1, 0.15) is 6.42 Å². The van der Waals surface area contributed by atoms with Gasteiger partial charge in [-0.1, -0.05) is 0 Å². The molecule has 0 unspecified atom stereocenters. The van der Waals surface area contributed by atoms with Crippen molar-refractivity contribution in [1.82, 2.24) is 5.32 Å². The van der Waals surface area contributed by atoms with E-state index in [1.165, 1.54) is 12.2 Å². The zero-order valence-electron chi connectivity index (χ0n) is 4.74. The maximum Gasteiger partial charge on any atom is 0.00767 e. The van der Waals surface area contributed by atoms with Crippen molar-refractivity contribution in [2.24, 2.45) is 0 Å². The van der Waals surface area contributed by atoms with Crippen molar-refractivity contribution >= 4 is 11.8 Å². The number of rotatable bonds is 4. The Morgan fingerprint density at radius 3 is 2.86 bits per heavy atom. The summed E-state index contributed by atoms with van der Waals surface area (Å²) >= 11 is 1.87. The lowest BCUT2D eigenvalue weighted by Gasteiger charge is -1.92. The molecular weight excluding hydrogens is 106 g/mol. The Hall–Kier alpha value is 0.310. The summed E-state index contributed by atoms with van der Waals surface area (Å²) in [6.45, 7) is 1.04. The molecule has 2 heteroatoms. The molecule has 0 rings (SSSR count). The van der Waals surface area contributed by atoms with Gasteiger partial charge in [0.05, 0.1) is 0 Å². The predicted molar refractivity (Wildman–Crippen MR) is 36.4 cm³/mol. The molecule has 0 aliphatic rings. The Kier molecular flexibility index (Phi) is 6.59. The van der Waals surface area contributed by atoms with E-state index in [4.69, 9.17) is 0 Å². The first-order valence-electron chi connectivity index (χ1n) is 2.40. The first-order valence-corrected chi connectivity index (χ1v) is 3.80. The fourth-order valence-corrected chi connectivity index (χ4v) is 0.775. The fourth-order valence-electron chi connectivity index (χ4n) is 0.342. The minimum atomic E-state index is 1.04. The van der Waals surface area contributed by atoms with Gasteiger partial charge in [0.25, 0.3) is 0 Å². The molecule has 0 aliphatic heterocycles. The van der Waals surface area contributed by atoms with E-state index in [9.17, 15) is 0 Å². The molecule has 0 aromatic heterocycles. The Morgan fingerprint density at radius 1 is 1.71 bits per heavy atom. The highest BCUT2D eigenvalue weighted by Crippen LogP contribution is 1.92. The minimum absolute atomic E-state index is 1.04. The van der Waals surface area contributed by atoms with Crippen molar-refractivity contribution in [2.75, 3.05) is 18.6 Å². The summed E-state index contributed by atoms with van der Waals surface area (Å²) in [6, 6.07) is 0. The van der Waals surface area contributed by atoms with Crippen LogP contribution >= 0.6 is 11.8 Å². The molecule has 1 radical (unpaired) electrons. The summed E-state index contributed by atoms with van der Waals surface area (Å²) in [5.74, 6) is 1.24. The standard InChI is InChI=1S/C5H12NS/c1-6-4-3-5-7-2/h6H,1,3-5H2,2H3. The third kappa shape index (κ3) is 6.31. The molecule has 1 nitrogen and oxygen atoms in total. The lowest BCUT2D eigenvalue weighted by Crippen LogP contribution is -2.04. The van der Waals surface area contributed by atoms with Crippen LogP contribution in [0.15, 0.2) is 0 Å². The van der Waals surface area contributed by atoms with E-state index >= 15 is 0 Å². The van der Waals surface area contributed by atoms with Crippen molar-refractivity contribution in [1.29, 1.82) is 0 Å². The van der Waals surface area contributed by atoms with E-state index in [-0.39, 0.29) is 0 Å². The molecule has 0 aromatic carbocycles. The zero-order valence-corrected chi connectivity index (χ0v) is 5.55. The Labute approximate surface area is 49.9 Å². The molecule has 0 aliphatic carbocycles. The molecule has 0 fully saturated rings. The Balaban J connectivity index is 2.45. The van der Waals surface area contributed by atoms with Gasteiger partial charge in [0.2, 0.25) is 0 Å². The zero-order chi connectivity index (χ0) is 5.54. The van der Waals surface area contributed by atoms with E-state index < -0.39 is 0 Å². The molecular formula is C5H12NS. The maximum absolute atomic E-state index is 3.50. The first kappa shape index (κ1) is 7.31. The largest absolute Gasteiger partial charge is 0.315 e. The molecule has 0 spiro atoms. The normalized spacial score (nSPS) is 9.43. The number of thioether (sulfide) groups is 1. The Bertz CT molecular complexity index is 27.3. The summed E-state index contributed by atoms with van der Waals surface area (Å²) in [5.41, 5.74) is 0. The second kappa shape index (κ2) is 6.31. The molecule has 43 valence electrons. The molecule has 0 amide bonds. The lowest BCUT2D eigenvalue weighted by atomic mass is 10.5. The van der Waals surface area contributed by atoms with Crippen LogP contribution in [-0.2, 0) is 0 Å². The van der Waals surface area contributed by atoms with Crippen LogP contribution in [0.4, 0.5) is 0 Å². The van der Waals surface area contributed by atoms with Crippen molar-refractivity contribution in [3.63, 3.8) is 0 Å². The van der Waals surface area contributed by atoms with E-state index in [0.717, 1.165) is 6.54 Å². The Morgan fingerprint density at radius 2 is 2.43 bits per heavy atom. The van der Waals surface area contributed by atoms with Gasteiger partial charge in [-0.3, -0.25) is 0 Å². The highest BCUT2D eigenvalue weighted by Gasteiger charge is 1.79. The second-order valence-corrected chi connectivity index (χ2v) is 2.33. The third-order valence-corrected chi connectivity index (χ3v) is 1.40. The van der Waals surface area contributed by atoms with E-state index in [2.05, 4.69) is 18.6 Å². The summed E-state index contributed by atoms with van der Waals surface area (Å²) in [4.78, 5) is 0. The van der Waals surface area contributed by atoms with Crippen molar-refractivity contribution in [2.45, 2.75) is 6.42 Å². The van der Waals surface area contributed by atoms with Crippen LogP contribution < -0.4 is 5.32 Å². The van der Waals surface area contributed by atoms with Gasteiger partial charge in [0.15, 0.2) is 0 Å². The fraction of sp³-hybridized carbons (Fsp3) is 0.800. The summed E-state index contributed by atoms with van der Waals surface area (Å²) in [7, 11) is 3.50. The van der Waals surface area contributed by atoms with E-state index in [1.54, 1.807) is 0 Å². The van der Waals surface area contributed by atoms with Crippen LogP contribution in [0, 0.1) is 7.05 Å². The topological polar surface area (TPSA) is 12.0 Å². The quantitative estimate of drug-likeness (QED) is 0.555. The van der Waals surface area contributed by atoms with Crippen molar-refractivity contribution < 1.29 is 0 Å². The number of hydrogen-bond acceptors (Lipinski definition) is 2. The van der Waals surface area contributed by atoms with Gasteiger partial charge in [-0.2, -0.15) is 11.8 Å². The van der Waals surface area contributed by atoms with E-state index in [0.29, 0.717) is 0 Å². The number of hydrogen-bond donors (Lipinski definition) is 1. The highest BCUT2D eigenvalue weighted by atomic mass is 32.2. The molecule has 0 atom stereocenters. The SMILES string of the molecule is [CH2]NCCCSC. The average molecular weight is 118 g/mol. The van der Waals surface area contributed by atoms with Gasteiger partial charge in [0, 0.05) is 7.05 Å². The van der Waals surface area contributed by atoms with Crippen molar-refractivity contribution in [3.8, 4) is 0 Å². The van der Waals surface area contributed by atoms with Crippen molar-refractivity contribution in [3.05, 3.63) is 7.05 Å². The molecule has 1 N–H and O–H groups in total. The van der Waals surface area contributed by atoms with Crippen LogP contribution in [0.5, 0.6) is 0 Å². The van der Waals surface area contributed by atoms with Gasteiger partial charge in [-0.25, -0.2) is 0 Å². The molecule has 0 heterocycles. The number of nitrogens with one attached hydrogen (secondary N) is 1. The van der Waals surface area contributed by atoms with Crippen LogP contribution in [0.3, 0.4) is 0 Å². The average Bonchev–Trinajstić information content (AvgIpc) is 1.69. The van der Waals surface area contributed by atoms with Gasteiger partial charge in [-0.05, 0) is 25.0 Å². The van der Waals surface area contributed by atoms with Crippen LogP contribution in [0.2, 0.25) is 0 Å². The summed E-state index contributed by atoms with van der Waals surface area (Å²) in [6.07, 6.45) is 3.34. The molecule has 7 heavy (non-hydrogen) atoms. The van der Waals surface area contributed by atoms with Crippen LogP contribution in [-0.4, -0.2) is 18.6 Å². The summed E-state index contributed by atoms with van der Waals surface area (Å²) in [5, 5.41) is 2.84.